The number of amides is 1. The molecule has 3 aliphatic rings. The first kappa shape index (κ1) is 38.5. The molecule has 5 heterocycles. The van der Waals surface area contributed by atoms with Crippen LogP contribution >= 0.6 is 11.6 Å². The predicted molar refractivity (Wildman–Crippen MR) is 197 cm³/mol. The summed E-state index contributed by atoms with van der Waals surface area (Å²) in [5, 5.41) is 13.0. The molecule has 1 unspecified atom stereocenters. The van der Waals surface area contributed by atoms with Gasteiger partial charge in [-0.15, -0.1) is 5.10 Å². The van der Waals surface area contributed by atoms with Crippen LogP contribution in [-0.4, -0.2) is 97.5 Å². The molecule has 3 aromatic heterocycles. The number of carbonyl (C=O) groups excluding carboxylic acids is 1. The fraction of sp³-hybridized carbons (Fsp3) is 0.541. The van der Waals surface area contributed by atoms with Crippen molar-refractivity contribution in [2.75, 3.05) is 44.4 Å². The number of hydrogen-bond donors (Lipinski definition) is 1. The summed E-state index contributed by atoms with van der Waals surface area (Å²) >= 11 is 6.70. The lowest BCUT2D eigenvalue weighted by Crippen LogP contribution is -2.51. The van der Waals surface area contributed by atoms with Crippen LogP contribution in [-0.2, 0) is 12.6 Å². The van der Waals surface area contributed by atoms with Crippen molar-refractivity contribution in [2.24, 2.45) is 5.41 Å². The third-order valence-electron chi connectivity index (χ3n) is 11.6. The van der Waals surface area contributed by atoms with Crippen molar-refractivity contribution in [1.29, 1.82) is 5.26 Å². The van der Waals surface area contributed by atoms with Crippen LogP contribution in [0.1, 0.15) is 68.8 Å². The smallest absolute Gasteiger partial charge is 0.418 e. The van der Waals surface area contributed by atoms with Crippen LogP contribution in [0.5, 0.6) is 6.01 Å². The summed E-state index contributed by atoms with van der Waals surface area (Å²) in [6, 6.07) is 3.74. The minimum absolute atomic E-state index is 0.0260. The third kappa shape index (κ3) is 7.10. The first-order chi connectivity index (χ1) is 26.1. The van der Waals surface area contributed by atoms with Gasteiger partial charge in [0, 0.05) is 42.5 Å². The van der Waals surface area contributed by atoms with Gasteiger partial charge in [-0.3, -0.25) is 0 Å². The number of benzene rings is 1. The summed E-state index contributed by atoms with van der Waals surface area (Å²) in [6.45, 7) is 4.84. The lowest BCUT2D eigenvalue weighted by Gasteiger charge is -2.44. The largest absolute Gasteiger partial charge is 0.463 e. The molecule has 1 aromatic carbocycles. The van der Waals surface area contributed by atoms with Gasteiger partial charge in [-0.1, -0.05) is 18.0 Å². The number of fused-ring (bicyclic) bond motifs is 2. The molecule has 1 aliphatic carbocycles. The zero-order valence-electron chi connectivity index (χ0n) is 31.0. The maximum atomic E-state index is 17.0. The quantitative estimate of drug-likeness (QED) is 0.200. The molecule has 2 aliphatic heterocycles. The fourth-order valence-electron chi connectivity index (χ4n) is 8.95. The first-order valence-electron chi connectivity index (χ1n) is 18.3. The molecule has 292 valence electrons. The molecular formula is C37H42ClF4N11O2. The van der Waals surface area contributed by atoms with Gasteiger partial charge in [0.15, 0.2) is 11.6 Å². The van der Waals surface area contributed by atoms with Crippen LogP contribution in [0.25, 0.3) is 22.2 Å². The van der Waals surface area contributed by atoms with E-state index < -0.39 is 34.8 Å². The molecule has 18 heteroatoms. The van der Waals surface area contributed by atoms with Crippen molar-refractivity contribution >= 4 is 40.2 Å². The van der Waals surface area contributed by atoms with E-state index in [1.165, 1.54) is 19.3 Å². The van der Waals surface area contributed by atoms with E-state index in [9.17, 15) is 18.0 Å². The van der Waals surface area contributed by atoms with Gasteiger partial charge in [0.25, 0.3) is 0 Å². The van der Waals surface area contributed by atoms with Crippen LogP contribution < -0.4 is 15.4 Å². The third-order valence-corrected chi connectivity index (χ3v) is 11.9. The molecule has 4 atom stereocenters. The van der Waals surface area contributed by atoms with Crippen LogP contribution in [0.15, 0.2) is 18.5 Å². The number of likely N-dealkylation sites (tertiary alicyclic amines) is 1. The number of aromatic nitrogens is 6. The van der Waals surface area contributed by atoms with E-state index in [1.54, 1.807) is 11.9 Å². The molecule has 1 amide bonds. The van der Waals surface area contributed by atoms with Crippen molar-refractivity contribution in [3.8, 4) is 23.3 Å². The summed E-state index contributed by atoms with van der Waals surface area (Å²) in [5.74, 6) is -0.786. The number of aryl methyl sites for hydroxylation is 1. The van der Waals surface area contributed by atoms with Gasteiger partial charge in [-0.05, 0) is 83.7 Å². The Kier molecular flexibility index (Phi) is 10.3. The Morgan fingerprint density at radius 1 is 1.18 bits per heavy atom. The van der Waals surface area contributed by atoms with Crippen LogP contribution in [0.3, 0.4) is 0 Å². The Morgan fingerprint density at radius 2 is 1.95 bits per heavy atom. The summed E-state index contributed by atoms with van der Waals surface area (Å²) in [7, 11) is 3.79. The predicted octanol–water partition coefficient (Wildman–Crippen LogP) is 6.65. The normalized spacial score (nSPS) is 23.1. The number of rotatable bonds is 7. The molecule has 4 aromatic rings. The lowest BCUT2D eigenvalue weighted by molar-refractivity contribution is -0.137. The average molecular weight is 784 g/mol. The molecule has 0 spiro atoms. The number of hydrogen-bond acceptors (Lipinski definition) is 11. The molecule has 2 saturated heterocycles. The number of ether oxygens (including phenoxy) is 1. The molecule has 0 bridgehead atoms. The van der Waals surface area contributed by atoms with E-state index in [4.69, 9.17) is 32.3 Å². The van der Waals surface area contributed by atoms with Gasteiger partial charge in [0.05, 0.1) is 40.9 Å². The highest BCUT2D eigenvalue weighted by molar-refractivity contribution is 6.34. The van der Waals surface area contributed by atoms with Crippen molar-refractivity contribution in [3.05, 3.63) is 46.3 Å². The van der Waals surface area contributed by atoms with Gasteiger partial charge in [-0.2, -0.15) is 33.1 Å². The van der Waals surface area contributed by atoms with E-state index in [0.29, 0.717) is 37.9 Å². The van der Waals surface area contributed by atoms with Gasteiger partial charge in [0.1, 0.15) is 23.5 Å². The van der Waals surface area contributed by atoms with Crippen LogP contribution in [0.4, 0.5) is 34.0 Å². The monoisotopic (exact) mass is 783 g/mol. The Morgan fingerprint density at radius 3 is 2.67 bits per heavy atom. The highest BCUT2D eigenvalue weighted by atomic mass is 35.5. The maximum Gasteiger partial charge on any atom is 0.418 e. The fourth-order valence-corrected chi connectivity index (χ4v) is 9.24. The number of nitrogen functional groups attached to an aromatic ring is 1. The molecule has 7 rings (SSSR count). The minimum atomic E-state index is -4.89. The number of nitriles is 1. The van der Waals surface area contributed by atoms with E-state index in [2.05, 4.69) is 32.0 Å². The van der Waals surface area contributed by atoms with Crippen molar-refractivity contribution in [3.63, 3.8) is 0 Å². The summed E-state index contributed by atoms with van der Waals surface area (Å²) < 4.78 is 67.9. The zero-order valence-corrected chi connectivity index (χ0v) is 31.8. The minimum Gasteiger partial charge on any atom is -0.463 e. The highest BCUT2D eigenvalue weighted by Gasteiger charge is 2.47. The van der Waals surface area contributed by atoms with E-state index in [-0.39, 0.29) is 63.1 Å². The molecular weight excluding hydrogens is 742 g/mol. The maximum absolute atomic E-state index is 17.0. The number of anilines is 2. The Labute approximate surface area is 320 Å². The SMILES string of the molecule is Cc1cc(N)nc(-c2c(Cl)cc3c(N4CCC(N(C)C(=O)n5cnc(CC#N)n5)C[C@@H]4C)nc(OC[C@]45CCC[C@H]4N(C)CCC5)nc3c2F)c1C(F)(F)F. The van der Waals surface area contributed by atoms with Crippen molar-refractivity contribution in [1.82, 2.24) is 39.5 Å². The highest BCUT2D eigenvalue weighted by Crippen LogP contribution is 2.48. The lowest BCUT2D eigenvalue weighted by atomic mass is 9.76. The second-order valence-electron chi connectivity index (χ2n) is 15.1. The summed E-state index contributed by atoms with van der Waals surface area (Å²) in [6.07, 6.45) is 2.35. The number of halogens is 5. The molecule has 1 saturated carbocycles. The Balaban J connectivity index is 1.28. The topological polar surface area (TPSA) is 155 Å². The van der Waals surface area contributed by atoms with E-state index in [0.717, 1.165) is 49.4 Å². The van der Waals surface area contributed by atoms with Crippen LogP contribution in [0.2, 0.25) is 5.02 Å². The Bertz CT molecular complexity index is 2180. The van der Waals surface area contributed by atoms with E-state index >= 15 is 4.39 Å². The van der Waals surface area contributed by atoms with Gasteiger partial charge < -0.3 is 25.2 Å². The zero-order chi connectivity index (χ0) is 39.4. The number of alkyl halides is 3. The number of pyridine rings is 1. The number of nitrogens with two attached hydrogens (primary N) is 1. The van der Waals surface area contributed by atoms with Crippen molar-refractivity contribution < 1.29 is 27.1 Å². The summed E-state index contributed by atoms with van der Waals surface area (Å²) in [5.41, 5.74) is 2.81. The number of nitrogens with zero attached hydrogens (tertiary/aromatic N) is 10. The number of piperidine rings is 2. The first-order valence-corrected chi connectivity index (χ1v) is 18.7. The van der Waals surface area contributed by atoms with Crippen molar-refractivity contribution in [2.45, 2.75) is 89.5 Å². The van der Waals surface area contributed by atoms with Crippen LogP contribution in [0, 0.1) is 29.5 Å². The van der Waals surface area contributed by atoms with Gasteiger partial charge in [0.2, 0.25) is 0 Å². The summed E-state index contributed by atoms with van der Waals surface area (Å²) in [4.78, 5) is 36.5. The standard InChI is InChI=1S/C37H42ClF4N11O2/c1-20-15-26(44)46-32(29(20)37(40,41)42)28-24(38)17-23-31(30(28)39)47-34(55-18-36-10-5-7-25(36)50(3)13-6-11-36)48-33(23)52-14-9-22(16-21(52)2)51(4)35(54)53-19-45-27(49-53)8-12-43/h15,17,19,21-22,25H,5-11,13-14,16,18H2,1-4H3,(H2,44,46)/t21-,22?,25+,36+/m0/s1. The molecule has 13 nitrogen and oxygen atoms in total. The van der Waals surface area contributed by atoms with Gasteiger partial charge >= 0.3 is 18.2 Å². The van der Waals surface area contributed by atoms with E-state index in [1.807, 2.05) is 17.9 Å². The Hall–Kier alpha value is -4.82. The molecule has 2 N–H and O–H groups in total. The second-order valence-corrected chi connectivity index (χ2v) is 15.5. The molecule has 0 radical (unpaired) electrons. The average Bonchev–Trinajstić information content (AvgIpc) is 3.78. The molecule has 3 fully saturated rings. The molecule has 55 heavy (non-hydrogen) atoms. The number of carbonyl (C=O) groups is 1. The second kappa shape index (κ2) is 14.7. The van der Waals surface area contributed by atoms with Gasteiger partial charge in [-0.25, -0.2) is 19.2 Å².